The van der Waals surface area contributed by atoms with E-state index >= 15 is 0 Å². The van der Waals surface area contributed by atoms with Gasteiger partial charge >= 0.3 is 0 Å². The van der Waals surface area contributed by atoms with Crippen molar-refractivity contribution in [3.05, 3.63) is 12.2 Å². The number of rotatable bonds is 5. The minimum atomic E-state index is 0.305. The largest absolute Gasteiger partial charge is 0.356 e. The third kappa shape index (κ3) is 5.56. The van der Waals surface area contributed by atoms with Crippen molar-refractivity contribution in [1.29, 1.82) is 0 Å². The Bertz CT molecular complexity index is 295. The van der Waals surface area contributed by atoms with Gasteiger partial charge in [0.15, 0.2) is 5.96 Å². The van der Waals surface area contributed by atoms with Crippen molar-refractivity contribution in [1.82, 2.24) is 10.6 Å². The molecule has 1 aliphatic rings. The number of aliphatic imine (C=N–C) groups is 1. The van der Waals surface area contributed by atoms with Gasteiger partial charge < -0.3 is 10.6 Å². The van der Waals surface area contributed by atoms with Crippen LogP contribution in [0.4, 0.5) is 0 Å². The first-order chi connectivity index (χ1) is 8.43. The zero-order valence-electron chi connectivity index (χ0n) is 12.6. The maximum Gasteiger partial charge on any atom is 0.191 e. The van der Waals surface area contributed by atoms with Gasteiger partial charge in [-0.15, -0.1) is 0 Å². The van der Waals surface area contributed by atoms with Crippen LogP contribution in [0.25, 0.3) is 0 Å². The summed E-state index contributed by atoms with van der Waals surface area (Å²) in [6.07, 6.45) is 7.90. The molecule has 104 valence electrons. The average Bonchev–Trinajstić information content (AvgIpc) is 2.75. The highest BCUT2D eigenvalue weighted by Gasteiger charge is 2.20. The number of nitrogens with zero attached hydrogens (tertiary/aromatic N) is 1. The SMILES string of the molecule is CN=C(NCC(C)(C)CC(C)C)NC1CC=CC1. The van der Waals surface area contributed by atoms with Crippen LogP contribution < -0.4 is 10.6 Å². The first-order valence-electron chi connectivity index (χ1n) is 7.05. The third-order valence-electron chi connectivity index (χ3n) is 3.27. The lowest BCUT2D eigenvalue weighted by Crippen LogP contribution is -2.45. The molecule has 2 N–H and O–H groups in total. The maximum absolute atomic E-state index is 4.30. The molecule has 0 spiro atoms. The molecule has 0 saturated heterocycles. The van der Waals surface area contributed by atoms with Crippen LogP contribution in [0.1, 0.15) is 47.0 Å². The lowest BCUT2D eigenvalue weighted by atomic mass is 9.84. The van der Waals surface area contributed by atoms with E-state index in [0.29, 0.717) is 11.5 Å². The summed E-state index contributed by atoms with van der Waals surface area (Å²) in [6.45, 7) is 10.1. The van der Waals surface area contributed by atoms with Gasteiger partial charge in [0.1, 0.15) is 0 Å². The minimum absolute atomic E-state index is 0.305. The number of hydrogen-bond acceptors (Lipinski definition) is 1. The molecular formula is C15H29N3. The number of guanidine groups is 1. The minimum Gasteiger partial charge on any atom is -0.356 e. The predicted octanol–water partition coefficient (Wildman–Crippen LogP) is 2.94. The second-order valence-electron chi connectivity index (χ2n) is 6.47. The number of nitrogens with one attached hydrogen (secondary N) is 2. The van der Waals surface area contributed by atoms with Crippen LogP contribution in [-0.2, 0) is 0 Å². The summed E-state index contributed by atoms with van der Waals surface area (Å²) in [5.74, 6) is 1.66. The molecule has 0 amide bonds. The summed E-state index contributed by atoms with van der Waals surface area (Å²) in [5, 5.41) is 6.92. The van der Waals surface area contributed by atoms with Crippen molar-refractivity contribution < 1.29 is 0 Å². The second kappa shape index (κ2) is 6.81. The van der Waals surface area contributed by atoms with Gasteiger partial charge in [-0.1, -0.05) is 39.8 Å². The smallest absolute Gasteiger partial charge is 0.191 e. The van der Waals surface area contributed by atoms with Gasteiger partial charge in [0, 0.05) is 19.6 Å². The summed E-state index contributed by atoms with van der Waals surface area (Å²) >= 11 is 0. The summed E-state index contributed by atoms with van der Waals surface area (Å²) in [7, 11) is 1.84. The van der Waals surface area contributed by atoms with Crippen LogP contribution >= 0.6 is 0 Å². The lowest BCUT2D eigenvalue weighted by Gasteiger charge is -2.28. The molecule has 3 heteroatoms. The normalized spacial score (nSPS) is 17.6. The molecule has 0 aliphatic heterocycles. The zero-order chi connectivity index (χ0) is 13.6. The highest BCUT2D eigenvalue weighted by molar-refractivity contribution is 5.80. The molecule has 0 aromatic carbocycles. The molecule has 0 radical (unpaired) electrons. The highest BCUT2D eigenvalue weighted by Crippen LogP contribution is 2.24. The maximum atomic E-state index is 4.30. The van der Waals surface area contributed by atoms with E-state index in [9.17, 15) is 0 Å². The fourth-order valence-corrected chi connectivity index (χ4v) is 2.62. The van der Waals surface area contributed by atoms with E-state index in [4.69, 9.17) is 0 Å². The van der Waals surface area contributed by atoms with Gasteiger partial charge in [-0.2, -0.15) is 0 Å². The summed E-state index contributed by atoms with van der Waals surface area (Å²) < 4.78 is 0. The highest BCUT2D eigenvalue weighted by atomic mass is 15.2. The molecule has 0 saturated carbocycles. The quantitative estimate of drug-likeness (QED) is 0.448. The standard InChI is InChI=1S/C15H29N3/c1-12(2)10-15(3,4)11-17-14(16-5)18-13-8-6-7-9-13/h6-7,12-13H,8-11H2,1-5H3,(H2,16,17,18). The fraction of sp³-hybridized carbons (Fsp3) is 0.800. The van der Waals surface area contributed by atoms with Gasteiger partial charge in [0.25, 0.3) is 0 Å². The predicted molar refractivity (Wildman–Crippen MR) is 79.9 cm³/mol. The van der Waals surface area contributed by atoms with Gasteiger partial charge in [0.2, 0.25) is 0 Å². The molecule has 0 atom stereocenters. The van der Waals surface area contributed by atoms with Crippen LogP contribution in [0.2, 0.25) is 0 Å². The number of hydrogen-bond donors (Lipinski definition) is 2. The summed E-state index contributed by atoms with van der Waals surface area (Å²) in [4.78, 5) is 4.30. The molecule has 0 aromatic heterocycles. The Kier molecular flexibility index (Phi) is 5.70. The Morgan fingerprint density at radius 3 is 2.44 bits per heavy atom. The Labute approximate surface area is 112 Å². The van der Waals surface area contributed by atoms with E-state index in [1.807, 2.05) is 7.05 Å². The van der Waals surface area contributed by atoms with Crippen molar-refractivity contribution in [3.8, 4) is 0 Å². The molecule has 0 bridgehead atoms. The van der Waals surface area contributed by atoms with E-state index in [1.54, 1.807) is 0 Å². The van der Waals surface area contributed by atoms with Crippen molar-refractivity contribution in [3.63, 3.8) is 0 Å². The van der Waals surface area contributed by atoms with Crippen molar-refractivity contribution in [2.24, 2.45) is 16.3 Å². The van der Waals surface area contributed by atoms with Crippen LogP contribution in [0.3, 0.4) is 0 Å². The zero-order valence-corrected chi connectivity index (χ0v) is 12.6. The Morgan fingerprint density at radius 2 is 1.94 bits per heavy atom. The lowest BCUT2D eigenvalue weighted by molar-refractivity contribution is 0.286. The summed E-state index contributed by atoms with van der Waals surface area (Å²) in [6, 6.07) is 0.518. The first kappa shape index (κ1) is 15.1. The second-order valence-corrected chi connectivity index (χ2v) is 6.47. The molecule has 0 unspecified atom stereocenters. The first-order valence-corrected chi connectivity index (χ1v) is 7.05. The Morgan fingerprint density at radius 1 is 1.33 bits per heavy atom. The van der Waals surface area contributed by atoms with Gasteiger partial charge in [0.05, 0.1) is 0 Å². The van der Waals surface area contributed by atoms with Crippen LogP contribution in [-0.4, -0.2) is 25.6 Å². The Hall–Kier alpha value is -0.990. The van der Waals surface area contributed by atoms with Crippen molar-refractivity contribution >= 4 is 5.96 Å². The van der Waals surface area contributed by atoms with Crippen LogP contribution in [0.5, 0.6) is 0 Å². The molecule has 3 nitrogen and oxygen atoms in total. The van der Waals surface area contributed by atoms with E-state index in [1.165, 1.54) is 6.42 Å². The van der Waals surface area contributed by atoms with E-state index in [0.717, 1.165) is 31.3 Å². The van der Waals surface area contributed by atoms with Crippen molar-refractivity contribution in [2.45, 2.75) is 53.0 Å². The van der Waals surface area contributed by atoms with Crippen molar-refractivity contribution in [2.75, 3.05) is 13.6 Å². The molecule has 0 fully saturated rings. The van der Waals surface area contributed by atoms with Gasteiger partial charge in [-0.25, -0.2) is 0 Å². The fourth-order valence-electron chi connectivity index (χ4n) is 2.62. The molecular weight excluding hydrogens is 222 g/mol. The molecule has 1 aliphatic carbocycles. The van der Waals surface area contributed by atoms with E-state index in [-0.39, 0.29) is 0 Å². The van der Waals surface area contributed by atoms with Gasteiger partial charge in [-0.3, -0.25) is 4.99 Å². The third-order valence-corrected chi connectivity index (χ3v) is 3.27. The Balaban J connectivity index is 2.35. The topological polar surface area (TPSA) is 36.4 Å². The molecule has 1 rings (SSSR count). The van der Waals surface area contributed by atoms with E-state index in [2.05, 4.69) is 55.5 Å². The van der Waals surface area contributed by atoms with Crippen LogP contribution in [0, 0.1) is 11.3 Å². The molecule has 18 heavy (non-hydrogen) atoms. The monoisotopic (exact) mass is 251 g/mol. The average molecular weight is 251 g/mol. The summed E-state index contributed by atoms with van der Waals surface area (Å²) in [5.41, 5.74) is 0.305. The molecule has 0 heterocycles. The van der Waals surface area contributed by atoms with Gasteiger partial charge in [-0.05, 0) is 30.6 Å². The van der Waals surface area contributed by atoms with E-state index < -0.39 is 0 Å². The van der Waals surface area contributed by atoms with Crippen LogP contribution in [0.15, 0.2) is 17.1 Å². The molecule has 0 aromatic rings.